The second kappa shape index (κ2) is 9.86. The van der Waals surface area contributed by atoms with Gasteiger partial charge in [-0.1, -0.05) is 19.3 Å². The Kier molecular flexibility index (Phi) is 7.51. The van der Waals surface area contributed by atoms with Gasteiger partial charge in [-0.3, -0.25) is 14.6 Å². The van der Waals surface area contributed by atoms with Crippen LogP contribution in [-0.2, 0) is 9.53 Å². The number of amides is 1. The number of nitriles is 1. The topological polar surface area (TPSA) is 59.8 Å². The van der Waals surface area contributed by atoms with Crippen LogP contribution >= 0.6 is 0 Å². The van der Waals surface area contributed by atoms with Gasteiger partial charge in [0.25, 0.3) is 0 Å². The van der Waals surface area contributed by atoms with Crippen molar-refractivity contribution in [2.24, 2.45) is 5.92 Å². The summed E-state index contributed by atoms with van der Waals surface area (Å²) in [5.41, 5.74) is -0.564. The molecular formula is C21H36N4O2. The van der Waals surface area contributed by atoms with E-state index in [9.17, 15) is 10.1 Å². The second-order valence-corrected chi connectivity index (χ2v) is 8.62. The van der Waals surface area contributed by atoms with Crippen molar-refractivity contribution < 1.29 is 9.53 Å². The highest BCUT2D eigenvalue weighted by Gasteiger charge is 2.39. The number of piperidine rings is 1. The van der Waals surface area contributed by atoms with Gasteiger partial charge in [0.1, 0.15) is 5.54 Å². The van der Waals surface area contributed by atoms with Crippen molar-refractivity contribution in [3.05, 3.63) is 0 Å². The van der Waals surface area contributed by atoms with Crippen LogP contribution in [0.3, 0.4) is 0 Å². The lowest BCUT2D eigenvalue weighted by Crippen LogP contribution is -2.53. The number of nitrogens with zero attached hydrogens (tertiary/aromatic N) is 4. The number of hydrogen-bond donors (Lipinski definition) is 0. The van der Waals surface area contributed by atoms with Crippen LogP contribution in [0.4, 0.5) is 0 Å². The van der Waals surface area contributed by atoms with Gasteiger partial charge in [-0.05, 0) is 57.7 Å². The fraction of sp³-hybridized carbons (Fsp3) is 0.905. The minimum absolute atomic E-state index is 0.116. The number of rotatable bonds is 6. The van der Waals surface area contributed by atoms with Crippen molar-refractivity contribution in [1.29, 1.82) is 5.26 Å². The van der Waals surface area contributed by atoms with E-state index >= 15 is 0 Å². The molecule has 27 heavy (non-hydrogen) atoms. The molecule has 0 aromatic carbocycles. The largest absolute Gasteiger partial charge is 0.379 e. The maximum absolute atomic E-state index is 12.8. The third-order valence-corrected chi connectivity index (χ3v) is 6.93. The molecule has 3 aliphatic rings. The van der Waals surface area contributed by atoms with Crippen LogP contribution in [0.2, 0.25) is 0 Å². The molecule has 0 atom stereocenters. The average Bonchev–Trinajstić information content (AvgIpc) is 2.74. The van der Waals surface area contributed by atoms with E-state index in [4.69, 9.17) is 4.74 Å². The number of likely N-dealkylation sites (N-methyl/N-ethyl adjacent to an activating group) is 1. The predicted molar refractivity (Wildman–Crippen MR) is 105 cm³/mol. The Morgan fingerprint density at radius 1 is 1.11 bits per heavy atom. The number of ether oxygens (including phenoxy) is 1. The molecule has 3 rings (SSSR count). The van der Waals surface area contributed by atoms with E-state index in [1.54, 1.807) is 4.90 Å². The van der Waals surface area contributed by atoms with Crippen molar-refractivity contribution in [1.82, 2.24) is 14.7 Å². The standard InChI is InChI=1S/C21H36N4O2/c1-23(21(18-22)8-3-2-4-9-21)20(26)17-25-11-6-19(7-12-25)5-10-24-13-15-27-16-14-24/h19H,2-17H2,1H3. The van der Waals surface area contributed by atoms with E-state index in [1.807, 2.05) is 7.05 Å². The third kappa shape index (κ3) is 5.43. The minimum atomic E-state index is -0.564. The molecule has 6 nitrogen and oxygen atoms in total. The van der Waals surface area contributed by atoms with E-state index in [1.165, 1.54) is 32.2 Å². The Morgan fingerprint density at radius 3 is 2.41 bits per heavy atom. The van der Waals surface area contributed by atoms with E-state index in [0.717, 1.165) is 71.0 Å². The monoisotopic (exact) mass is 376 g/mol. The Bertz CT molecular complexity index is 513. The Morgan fingerprint density at radius 2 is 1.78 bits per heavy atom. The van der Waals surface area contributed by atoms with Gasteiger partial charge in [-0.2, -0.15) is 5.26 Å². The van der Waals surface area contributed by atoms with Crippen molar-refractivity contribution in [3.8, 4) is 6.07 Å². The molecule has 152 valence electrons. The number of likely N-dealkylation sites (tertiary alicyclic amines) is 1. The summed E-state index contributed by atoms with van der Waals surface area (Å²) in [6.07, 6.45) is 8.59. The van der Waals surface area contributed by atoms with Crippen LogP contribution in [0, 0.1) is 17.2 Å². The van der Waals surface area contributed by atoms with Crippen LogP contribution in [0.15, 0.2) is 0 Å². The Hall–Kier alpha value is -1.16. The van der Waals surface area contributed by atoms with Gasteiger partial charge in [-0.25, -0.2) is 0 Å². The lowest BCUT2D eigenvalue weighted by atomic mass is 9.81. The summed E-state index contributed by atoms with van der Waals surface area (Å²) in [5.74, 6) is 0.894. The minimum Gasteiger partial charge on any atom is -0.379 e. The molecule has 0 spiro atoms. The fourth-order valence-electron chi connectivity index (χ4n) is 4.82. The number of morpholine rings is 1. The molecule has 6 heteroatoms. The zero-order valence-electron chi connectivity index (χ0n) is 17.0. The maximum atomic E-state index is 12.8. The lowest BCUT2D eigenvalue weighted by molar-refractivity contribution is -0.136. The first-order valence-corrected chi connectivity index (χ1v) is 10.8. The number of carbonyl (C=O) groups excluding carboxylic acids is 1. The van der Waals surface area contributed by atoms with E-state index in [-0.39, 0.29) is 5.91 Å². The molecule has 3 fully saturated rings. The quantitative estimate of drug-likeness (QED) is 0.711. The number of hydrogen-bond acceptors (Lipinski definition) is 5. The second-order valence-electron chi connectivity index (χ2n) is 8.62. The van der Waals surface area contributed by atoms with Gasteiger partial charge in [0.15, 0.2) is 0 Å². The summed E-state index contributed by atoms with van der Waals surface area (Å²) in [7, 11) is 1.84. The van der Waals surface area contributed by atoms with Crippen molar-refractivity contribution in [3.63, 3.8) is 0 Å². The number of carbonyl (C=O) groups is 1. The normalized spacial score (nSPS) is 25.0. The zero-order valence-corrected chi connectivity index (χ0v) is 17.0. The molecule has 1 saturated carbocycles. The highest BCUT2D eigenvalue weighted by molar-refractivity contribution is 5.79. The van der Waals surface area contributed by atoms with Crippen molar-refractivity contribution >= 4 is 5.91 Å². The third-order valence-electron chi connectivity index (χ3n) is 6.93. The predicted octanol–water partition coefficient (Wildman–Crippen LogP) is 2.11. The van der Waals surface area contributed by atoms with Crippen LogP contribution in [0.1, 0.15) is 51.4 Å². The first kappa shape index (κ1) is 20.6. The van der Waals surface area contributed by atoms with Gasteiger partial charge >= 0.3 is 0 Å². The maximum Gasteiger partial charge on any atom is 0.237 e. The summed E-state index contributed by atoms with van der Waals surface area (Å²) >= 11 is 0. The smallest absolute Gasteiger partial charge is 0.237 e. The molecule has 0 aromatic heterocycles. The molecule has 1 aliphatic carbocycles. The molecule has 2 saturated heterocycles. The molecule has 2 aliphatic heterocycles. The fourth-order valence-corrected chi connectivity index (χ4v) is 4.82. The molecular weight excluding hydrogens is 340 g/mol. The summed E-state index contributed by atoms with van der Waals surface area (Å²) < 4.78 is 5.42. The van der Waals surface area contributed by atoms with E-state index < -0.39 is 5.54 Å². The van der Waals surface area contributed by atoms with E-state index in [2.05, 4.69) is 15.9 Å². The van der Waals surface area contributed by atoms with Gasteiger partial charge in [-0.15, -0.1) is 0 Å². The van der Waals surface area contributed by atoms with Crippen LogP contribution in [0.25, 0.3) is 0 Å². The highest BCUT2D eigenvalue weighted by atomic mass is 16.5. The van der Waals surface area contributed by atoms with Gasteiger partial charge < -0.3 is 9.64 Å². The molecule has 0 N–H and O–H groups in total. The van der Waals surface area contributed by atoms with Gasteiger partial charge in [0.2, 0.25) is 5.91 Å². The zero-order chi connectivity index (χ0) is 19.1. The van der Waals surface area contributed by atoms with Crippen LogP contribution in [0.5, 0.6) is 0 Å². The van der Waals surface area contributed by atoms with Gasteiger partial charge in [0, 0.05) is 20.1 Å². The Balaban J connectivity index is 1.39. The first-order valence-electron chi connectivity index (χ1n) is 10.8. The van der Waals surface area contributed by atoms with Gasteiger partial charge in [0.05, 0.1) is 25.8 Å². The van der Waals surface area contributed by atoms with Crippen molar-refractivity contribution in [2.45, 2.75) is 56.9 Å². The lowest BCUT2D eigenvalue weighted by Gasteiger charge is -2.40. The summed E-state index contributed by atoms with van der Waals surface area (Å²) in [5, 5.41) is 9.70. The Labute approximate surface area is 164 Å². The molecule has 0 radical (unpaired) electrons. The summed E-state index contributed by atoms with van der Waals surface area (Å²) in [4.78, 5) is 19.4. The molecule has 0 bridgehead atoms. The summed E-state index contributed by atoms with van der Waals surface area (Å²) in [6, 6.07) is 2.46. The first-order chi connectivity index (χ1) is 13.1. The SMILES string of the molecule is CN(C(=O)CN1CCC(CCN2CCOCC2)CC1)C1(C#N)CCCCC1. The van der Waals surface area contributed by atoms with Crippen LogP contribution in [-0.4, -0.2) is 85.7 Å². The van der Waals surface area contributed by atoms with Crippen LogP contribution < -0.4 is 0 Å². The molecule has 0 unspecified atom stereocenters. The molecule has 0 aromatic rings. The average molecular weight is 377 g/mol. The molecule has 1 amide bonds. The summed E-state index contributed by atoms with van der Waals surface area (Å²) in [6.45, 7) is 7.55. The molecule has 2 heterocycles. The van der Waals surface area contributed by atoms with Crippen molar-refractivity contribution in [2.75, 3.05) is 59.5 Å². The van der Waals surface area contributed by atoms with E-state index in [0.29, 0.717) is 6.54 Å². The highest BCUT2D eigenvalue weighted by Crippen LogP contribution is 2.32.